The van der Waals surface area contributed by atoms with E-state index in [-0.39, 0.29) is 64.7 Å². The summed E-state index contributed by atoms with van der Waals surface area (Å²) >= 11 is 0. The fourth-order valence-corrected chi connectivity index (χ4v) is 8.84. The lowest BCUT2D eigenvalue weighted by Crippen LogP contribution is -2.55. The number of anilines is 4. The molecule has 4 aliphatic heterocycles. The van der Waals surface area contributed by atoms with E-state index in [2.05, 4.69) is 0 Å². The zero-order chi connectivity index (χ0) is 50.3. The lowest BCUT2D eigenvalue weighted by atomic mass is 9.71. The van der Waals surface area contributed by atoms with Gasteiger partial charge in [0.1, 0.15) is 23.0 Å². The summed E-state index contributed by atoms with van der Waals surface area (Å²) in [5.41, 5.74) is -10.00. The third-order valence-corrected chi connectivity index (χ3v) is 12.2. The summed E-state index contributed by atoms with van der Waals surface area (Å²) in [7, 11) is 0. The van der Waals surface area contributed by atoms with E-state index >= 15 is 26.3 Å². The van der Waals surface area contributed by atoms with Gasteiger partial charge in [0, 0.05) is 25.0 Å². The van der Waals surface area contributed by atoms with Gasteiger partial charge in [0.2, 0.25) is 17.2 Å². The Kier molecular flexibility index (Phi) is 10.6. The molecule has 6 aromatic rings. The Labute approximate surface area is 395 Å². The molecule has 4 heterocycles. The number of imide groups is 4. The number of benzene rings is 6. The second-order valence-corrected chi connectivity index (χ2v) is 16.3. The highest BCUT2D eigenvalue weighted by Crippen LogP contribution is 2.57. The van der Waals surface area contributed by atoms with Gasteiger partial charge in [-0.2, -0.15) is 26.3 Å². The number of halogens is 6. The fraction of sp³-hybridized carbons (Fsp3) is 0.0980. The number of rotatable bonds is 10. The molecule has 0 aliphatic carbocycles. The average Bonchev–Trinajstić information content (AvgIpc) is 4.01. The summed E-state index contributed by atoms with van der Waals surface area (Å²) < 4.78 is 104. The normalized spacial score (nSPS) is 16.0. The molecule has 6 aromatic carbocycles. The van der Waals surface area contributed by atoms with E-state index < -0.39 is 86.6 Å². The van der Waals surface area contributed by atoms with Crippen LogP contribution in [0.2, 0.25) is 0 Å². The first kappa shape index (κ1) is 45.6. The highest BCUT2D eigenvalue weighted by molar-refractivity contribution is 6.35. The van der Waals surface area contributed by atoms with E-state index in [1.54, 1.807) is 0 Å². The van der Waals surface area contributed by atoms with Gasteiger partial charge in [0.05, 0.1) is 45.0 Å². The minimum absolute atomic E-state index is 0.0929. The maximum Gasteiger partial charge on any atom is 0.411 e. The third-order valence-electron chi connectivity index (χ3n) is 12.2. The van der Waals surface area contributed by atoms with E-state index in [0.717, 1.165) is 22.0 Å². The number of fused-ring (bicyclic) bond motifs is 2. The number of amides is 8. The molecule has 14 nitrogen and oxygen atoms in total. The first-order valence-corrected chi connectivity index (χ1v) is 21.1. The van der Waals surface area contributed by atoms with E-state index in [4.69, 9.17) is 9.47 Å². The summed E-state index contributed by atoms with van der Waals surface area (Å²) in [5, 5.41) is 0. The molecule has 0 bridgehead atoms. The lowest BCUT2D eigenvalue weighted by Gasteiger charge is -2.38. The number of hydrogen-bond acceptors (Lipinski definition) is 10. The van der Waals surface area contributed by atoms with Crippen LogP contribution in [0.5, 0.6) is 23.0 Å². The monoisotopic (exact) mass is 970 g/mol. The molecule has 0 saturated carbocycles. The van der Waals surface area contributed by atoms with E-state index in [9.17, 15) is 38.4 Å². The Balaban J connectivity index is 0.892. The van der Waals surface area contributed by atoms with Crippen molar-refractivity contribution in [3.05, 3.63) is 179 Å². The van der Waals surface area contributed by atoms with Gasteiger partial charge in [-0.05, 0) is 132 Å². The predicted molar refractivity (Wildman–Crippen MR) is 237 cm³/mol. The van der Waals surface area contributed by atoms with Crippen molar-refractivity contribution < 1.29 is 74.2 Å². The van der Waals surface area contributed by atoms with Crippen LogP contribution in [0.1, 0.15) is 65.4 Å². The summed E-state index contributed by atoms with van der Waals surface area (Å²) in [5.74, 6) is -5.40. The minimum atomic E-state index is -6.19. The fourth-order valence-electron chi connectivity index (χ4n) is 8.84. The number of carbonyl (C=O) groups is 8. The SMILES string of the molecule is O=C1C=CC(=O)N1c1ccc(Oc2ccc(N3C(=O)c4ccc(C(c5ccc6c(c5)C(=O)N(c5ccc(Oc7ccc(N8C(=O)CCC8=O)cc7)cc5)C6=O)(C(F)(F)F)C(F)(F)F)cc4C3=O)cc2)cc1. The van der Waals surface area contributed by atoms with Crippen LogP contribution in [0, 0.1) is 0 Å². The Morgan fingerprint density at radius 3 is 0.972 bits per heavy atom. The van der Waals surface area contributed by atoms with Crippen LogP contribution in [0.4, 0.5) is 49.1 Å². The molecule has 0 aromatic heterocycles. The van der Waals surface area contributed by atoms with Crippen molar-refractivity contribution in [3.63, 3.8) is 0 Å². The molecule has 0 spiro atoms. The average molecular weight is 971 g/mol. The summed E-state index contributed by atoms with van der Waals surface area (Å²) in [4.78, 5) is 106. The maximum absolute atomic E-state index is 15.5. The van der Waals surface area contributed by atoms with Gasteiger partial charge in [-0.15, -0.1) is 0 Å². The van der Waals surface area contributed by atoms with Crippen molar-refractivity contribution in [1.29, 1.82) is 0 Å². The van der Waals surface area contributed by atoms with E-state index in [0.29, 0.717) is 51.9 Å². The van der Waals surface area contributed by atoms with Gasteiger partial charge in [-0.25, -0.2) is 14.7 Å². The summed E-state index contributed by atoms with van der Waals surface area (Å²) in [6, 6.07) is 25.2. The van der Waals surface area contributed by atoms with Crippen molar-refractivity contribution in [2.75, 3.05) is 19.6 Å². The summed E-state index contributed by atoms with van der Waals surface area (Å²) in [6.07, 6.45) is -9.96. The number of ether oxygens (including phenoxy) is 2. The smallest absolute Gasteiger partial charge is 0.411 e. The molecule has 1 fully saturated rings. The van der Waals surface area contributed by atoms with Crippen LogP contribution in [-0.4, -0.2) is 59.6 Å². The second kappa shape index (κ2) is 16.5. The molecule has 10 rings (SSSR count). The predicted octanol–water partition coefficient (Wildman–Crippen LogP) is 9.37. The largest absolute Gasteiger partial charge is 0.457 e. The first-order chi connectivity index (χ1) is 33.8. The molecule has 20 heteroatoms. The Bertz CT molecular complexity index is 3130. The molecule has 1 saturated heterocycles. The maximum atomic E-state index is 15.5. The van der Waals surface area contributed by atoms with Crippen molar-refractivity contribution in [3.8, 4) is 23.0 Å². The highest BCUT2D eigenvalue weighted by atomic mass is 19.4. The van der Waals surface area contributed by atoms with Crippen molar-refractivity contribution >= 4 is 70.0 Å². The third kappa shape index (κ3) is 7.38. The molecule has 0 radical (unpaired) electrons. The molecule has 71 heavy (non-hydrogen) atoms. The van der Waals surface area contributed by atoms with Crippen molar-refractivity contribution in [2.45, 2.75) is 30.6 Å². The van der Waals surface area contributed by atoms with Gasteiger partial charge >= 0.3 is 12.4 Å². The number of carbonyl (C=O) groups excluding carboxylic acids is 8. The molecule has 0 atom stereocenters. The van der Waals surface area contributed by atoms with Gasteiger partial charge in [-0.1, -0.05) is 12.1 Å². The zero-order valence-electron chi connectivity index (χ0n) is 35.9. The molecule has 8 amide bonds. The topological polar surface area (TPSA) is 168 Å². The summed E-state index contributed by atoms with van der Waals surface area (Å²) in [6.45, 7) is 0. The quantitative estimate of drug-likeness (QED) is 0.0953. The first-order valence-electron chi connectivity index (χ1n) is 21.1. The second-order valence-electron chi connectivity index (χ2n) is 16.3. The van der Waals surface area contributed by atoms with Crippen LogP contribution in [0.15, 0.2) is 146 Å². The minimum Gasteiger partial charge on any atom is -0.457 e. The highest BCUT2D eigenvalue weighted by Gasteiger charge is 2.73. The van der Waals surface area contributed by atoms with Gasteiger partial charge in [0.25, 0.3) is 35.4 Å². The standard InChI is InChI=1S/C51H28F6N4O10/c52-50(53,54)49(51(55,56)57,27-1-19-37-39(25-27)47(68)60(45(37)66)31-7-15-35(16-8-31)70-33-11-3-29(4-12-33)58-41(62)21-22-42(58)63)28-2-20-38-40(26-28)48(69)61(46(38)67)32-9-17-36(18-10-32)71-34-13-5-30(6-14-34)59-43(64)23-24-44(59)65/h1-22,25-26H,23-24H2. The molecule has 4 aliphatic rings. The Hall–Kier alpha value is -9.20. The number of alkyl halides is 6. The lowest BCUT2D eigenvalue weighted by molar-refractivity contribution is -0.288. The van der Waals surface area contributed by atoms with Crippen LogP contribution in [0.25, 0.3) is 0 Å². The van der Waals surface area contributed by atoms with E-state index in [1.807, 2.05) is 0 Å². The van der Waals surface area contributed by atoms with Crippen LogP contribution in [-0.2, 0) is 24.6 Å². The van der Waals surface area contributed by atoms with Crippen molar-refractivity contribution in [1.82, 2.24) is 0 Å². The number of nitrogens with zero attached hydrogens (tertiary/aromatic N) is 4. The zero-order valence-corrected chi connectivity index (χ0v) is 35.9. The van der Waals surface area contributed by atoms with Crippen molar-refractivity contribution in [2.24, 2.45) is 0 Å². The van der Waals surface area contributed by atoms with Crippen LogP contribution in [0.3, 0.4) is 0 Å². The van der Waals surface area contributed by atoms with Crippen LogP contribution >= 0.6 is 0 Å². The molecular weight excluding hydrogens is 943 g/mol. The molecule has 0 N–H and O–H groups in total. The van der Waals surface area contributed by atoms with E-state index in [1.165, 1.54) is 97.1 Å². The van der Waals surface area contributed by atoms with Gasteiger partial charge in [-0.3, -0.25) is 43.3 Å². The Morgan fingerprint density at radius 2 is 0.648 bits per heavy atom. The molecule has 0 unspecified atom stereocenters. The Morgan fingerprint density at radius 1 is 0.352 bits per heavy atom. The van der Waals surface area contributed by atoms with Gasteiger partial charge in [0.15, 0.2) is 0 Å². The molecule has 354 valence electrons. The van der Waals surface area contributed by atoms with Gasteiger partial charge < -0.3 is 9.47 Å². The molecular formula is C51H28F6N4O10. The van der Waals surface area contributed by atoms with Crippen LogP contribution < -0.4 is 29.1 Å². The number of hydrogen-bond donors (Lipinski definition) is 0.